The second-order valence-electron chi connectivity index (χ2n) is 4.70. The first-order chi connectivity index (χ1) is 9.19. The lowest BCUT2D eigenvalue weighted by atomic mass is 10.2. The van der Waals surface area contributed by atoms with E-state index in [2.05, 4.69) is 22.1 Å². The van der Waals surface area contributed by atoms with Crippen molar-refractivity contribution in [3.05, 3.63) is 17.2 Å². The summed E-state index contributed by atoms with van der Waals surface area (Å²) in [7, 11) is 1.60. The summed E-state index contributed by atoms with van der Waals surface area (Å²) in [5, 5.41) is 3.94. The topological polar surface area (TPSA) is 50.5 Å². The van der Waals surface area contributed by atoms with Crippen LogP contribution in [0.15, 0.2) is 16.5 Å². The fourth-order valence-electron chi connectivity index (χ4n) is 2.36. The predicted octanol–water partition coefficient (Wildman–Crippen LogP) is 2.29. The highest BCUT2D eigenvalue weighted by Gasteiger charge is 2.23. The SMILES string of the molecule is COc1cc(Cl)cc2nc(N3CCNC[C@@H]3C)oc12. The average molecular weight is 282 g/mol. The molecule has 0 spiro atoms. The first-order valence-electron chi connectivity index (χ1n) is 6.30. The van der Waals surface area contributed by atoms with E-state index in [1.165, 1.54) is 0 Å². The van der Waals surface area contributed by atoms with E-state index in [0.29, 0.717) is 28.4 Å². The lowest BCUT2D eigenvalue weighted by molar-refractivity contribution is 0.406. The number of ether oxygens (including phenoxy) is 1. The van der Waals surface area contributed by atoms with Gasteiger partial charge >= 0.3 is 0 Å². The molecule has 0 unspecified atom stereocenters. The largest absolute Gasteiger partial charge is 0.493 e. The number of piperazine rings is 1. The van der Waals surface area contributed by atoms with E-state index < -0.39 is 0 Å². The summed E-state index contributed by atoms with van der Waals surface area (Å²) in [6.45, 7) is 4.88. The van der Waals surface area contributed by atoms with Gasteiger partial charge in [-0.05, 0) is 13.0 Å². The van der Waals surface area contributed by atoms with Gasteiger partial charge in [-0.2, -0.15) is 4.98 Å². The van der Waals surface area contributed by atoms with Gasteiger partial charge in [0.15, 0.2) is 11.3 Å². The summed E-state index contributed by atoms with van der Waals surface area (Å²) in [6.07, 6.45) is 0. The fourth-order valence-corrected chi connectivity index (χ4v) is 2.56. The third-order valence-corrected chi connectivity index (χ3v) is 3.59. The van der Waals surface area contributed by atoms with Crippen molar-refractivity contribution in [2.45, 2.75) is 13.0 Å². The summed E-state index contributed by atoms with van der Waals surface area (Å²) in [5.41, 5.74) is 1.37. The molecule has 1 aliphatic rings. The van der Waals surface area contributed by atoms with Gasteiger partial charge in [0.2, 0.25) is 0 Å². The number of anilines is 1. The summed E-state index contributed by atoms with van der Waals surface area (Å²) >= 11 is 6.04. The Morgan fingerprint density at radius 2 is 2.37 bits per heavy atom. The molecule has 0 radical (unpaired) electrons. The molecular weight excluding hydrogens is 266 g/mol. The standard InChI is InChI=1S/C13H16ClN3O2/c1-8-7-15-3-4-17(8)13-16-10-5-9(14)6-11(18-2)12(10)19-13/h5-6,8,15H,3-4,7H2,1-2H3/t8-/m0/s1. The van der Waals surface area contributed by atoms with Crippen molar-refractivity contribution in [2.75, 3.05) is 31.6 Å². The number of nitrogens with one attached hydrogen (secondary N) is 1. The molecule has 1 fully saturated rings. The van der Waals surface area contributed by atoms with E-state index >= 15 is 0 Å². The summed E-state index contributed by atoms with van der Waals surface area (Å²) < 4.78 is 11.1. The van der Waals surface area contributed by atoms with Crippen LogP contribution in [0.1, 0.15) is 6.92 Å². The van der Waals surface area contributed by atoms with Crippen LogP contribution in [-0.4, -0.2) is 37.8 Å². The molecule has 1 N–H and O–H groups in total. The smallest absolute Gasteiger partial charge is 0.298 e. The molecule has 1 aromatic heterocycles. The van der Waals surface area contributed by atoms with E-state index in [4.69, 9.17) is 20.8 Å². The number of benzene rings is 1. The van der Waals surface area contributed by atoms with Crippen molar-refractivity contribution < 1.29 is 9.15 Å². The van der Waals surface area contributed by atoms with Crippen molar-refractivity contribution >= 4 is 28.7 Å². The molecule has 1 aromatic carbocycles. The zero-order chi connectivity index (χ0) is 13.4. The van der Waals surface area contributed by atoms with E-state index in [0.717, 1.165) is 25.2 Å². The third kappa shape index (κ3) is 2.24. The Hall–Kier alpha value is -1.46. The van der Waals surface area contributed by atoms with Crippen molar-refractivity contribution in [1.82, 2.24) is 10.3 Å². The van der Waals surface area contributed by atoms with Gasteiger partial charge in [0, 0.05) is 36.8 Å². The average Bonchev–Trinajstić information content (AvgIpc) is 2.81. The van der Waals surface area contributed by atoms with E-state index in [-0.39, 0.29) is 0 Å². The fraction of sp³-hybridized carbons (Fsp3) is 0.462. The number of fused-ring (bicyclic) bond motifs is 1. The first-order valence-corrected chi connectivity index (χ1v) is 6.68. The maximum atomic E-state index is 6.04. The second-order valence-corrected chi connectivity index (χ2v) is 5.14. The Balaban J connectivity index is 2.05. The molecule has 2 heterocycles. The van der Waals surface area contributed by atoms with Crippen molar-refractivity contribution in [3.63, 3.8) is 0 Å². The van der Waals surface area contributed by atoms with Crippen LogP contribution in [-0.2, 0) is 0 Å². The van der Waals surface area contributed by atoms with E-state index in [9.17, 15) is 0 Å². The quantitative estimate of drug-likeness (QED) is 0.915. The zero-order valence-corrected chi connectivity index (χ0v) is 11.7. The second kappa shape index (κ2) is 4.90. The Morgan fingerprint density at radius 1 is 1.53 bits per heavy atom. The normalized spacial score (nSPS) is 19.9. The number of halogens is 1. The van der Waals surface area contributed by atoms with Crippen LogP contribution < -0.4 is 15.0 Å². The molecule has 3 rings (SSSR count). The molecule has 0 aliphatic carbocycles. The number of methoxy groups -OCH3 is 1. The van der Waals surface area contributed by atoms with E-state index in [1.807, 2.05) is 0 Å². The molecule has 0 amide bonds. The number of aromatic nitrogens is 1. The van der Waals surface area contributed by atoms with Crippen molar-refractivity contribution in [1.29, 1.82) is 0 Å². The van der Waals surface area contributed by atoms with Crippen molar-refractivity contribution in [3.8, 4) is 5.75 Å². The minimum absolute atomic E-state index is 0.350. The predicted molar refractivity (Wildman–Crippen MR) is 75.2 cm³/mol. The maximum Gasteiger partial charge on any atom is 0.298 e. The minimum Gasteiger partial charge on any atom is -0.493 e. The van der Waals surface area contributed by atoms with Gasteiger partial charge in [-0.15, -0.1) is 0 Å². The van der Waals surface area contributed by atoms with Crippen molar-refractivity contribution in [2.24, 2.45) is 0 Å². The number of hydrogen-bond donors (Lipinski definition) is 1. The first kappa shape index (κ1) is 12.6. The maximum absolute atomic E-state index is 6.04. The molecule has 6 heteroatoms. The highest BCUT2D eigenvalue weighted by molar-refractivity contribution is 6.31. The zero-order valence-electron chi connectivity index (χ0n) is 10.9. The molecule has 19 heavy (non-hydrogen) atoms. The Morgan fingerprint density at radius 3 is 3.11 bits per heavy atom. The minimum atomic E-state index is 0.350. The third-order valence-electron chi connectivity index (χ3n) is 3.38. The van der Waals surface area contributed by atoms with Crippen LogP contribution in [0.25, 0.3) is 11.1 Å². The van der Waals surface area contributed by atoms with Gasteiger partial charge in [-0.3, -0.25) is 0 Å². The molecular formula is C13H16ClN3O2. The van der Waals surface area contributed by atoms with Gasteiger partial charge in [-0.25, -0.2) is 0 Å². The number of rotatable bonds is 2. The monoisotopic (exact) mass is 281 g/mol. The summed E-state index contributed by atoms with van der Waals surface area (Å²) in [4.78, 5) is 6.68. The number of nitrogens with zero attached hydrogens (tertiary/aromatic N) is 2. The summed E-state index contributed by atoms with van der Waals surface area (Å²) in [6, 6.07) is 4.51. The van der Waals surface area contributed by atoms with Gasteiger partial charge in [-0.1, -0.05) is 11.6 Å². The van der Waals surface area contributed by atoms with Gasteiger partial charge in [0.1, 0.15) is 5.52 Å². The highest BCUT2D eigenvalue weighted by atomic mass is 35.5. The molecule has 1 saturated heterocycles. The molecule has 0 bridgehead atoms. The van der Waals surface area contributed by atoms with Crippen LogP contribution in [0.5, 0.6) is 5.75 Å². The van der Waals surface area contributed by atoms with Crippen LogP contribution >= 0.6 is 11.6 Å². The molecule has 0 saturated carbocycles. The van der Waals surface area contributed by atoms with Gasteiger partial charge in [0.25, 0.3) is 6.01 Å². The molecule has 102 valence electrons. The molecule has 1 atom stereocenters. The molecule has 2 aromatic rings. The number of oxazole rings is 1. The Labute approximate surface area is 116 Å². The Bertz CT molecular complexity index is 599. The lowest BCUT2D eigenvalue weighted by Gasteiger charge is -2.32. The molecule has 1 aliphatic heterocycles. The highest BCUT2D eigenvalue weighted by Crippen LogP contribution is 2.33. The van der Waals surface area contributed by atoms with Gasteiger partial charge in [0.05, 0.1) is 7.11 Å². The Kier molecular flexibility index (Phi) is 3.24. The van der Waals surface area contributed by atoms with Gasteiger partial charge < -0.3 is 19.4 Å². The van der Waals surface area contributed by atoms with Crippen LogP contribution in [0.3, 0.4) is 0 Å². The van der Waals surface area contributed by atoms with Crippen LogP contribution in [0.4, 0.5) is 6.01 Å². The van der Waals surface area contributed by atoms with Crippen LogP contribution in [0.2, 0.25) is 5.02 Å². The number of hydrogen-bond acceptors (Lipinski definition) is 5. The lowest BCUT2D eigenvalue weighted by Crippen LogP contribution is -2.50. The summed E-state index contributed by atoms with van der Waals surface area (Å²) in [5.74, 6) is 0.615. The molecule has 5 nitrogen and oxygen atoms in total. The van der Waals surface area contributed by atoms with Crippen LogP contribution in [0, 0.1) is 0 Å². The van der Waals surface area contributed by atoms with E-state index in [1.54, 1.807) is 19.2 Å².